The van der Waals surface area contributed by atoms with E-state index in [1.165, 1.54) is 0 Å². The maximum absolute atomic E-state index is 6.16. The van der Waals surface area contributed by atoms with Crippen molar-refractivity contribution in [1.29, 1.82) is 0 Å². The molecular formula is C11H9Cl2NS. The second-order valence-electron chi connectivity index (χ2n) is 3.25. The van der Waals surface area contributed by atoms with Crippen molar-refractivity contribution in [2.24, 2.45) is 0 Å². The van der Waals surface area contributed by atoms with Crippen LogP contribution in [0.1, 0.15) is 10.7 Å². The molecule has 1 aromatic heterocycles. The van der Waals surface area contributed by atoms with Gasteiger partial charge >= 0.3 is 0 Å². The zero-order chi connectivity index (χ0) is 11.0. The summed E-state index contributed by atoms with van der Waals surface area (Å²) in [5.41, 5.74) is 1.97. The highest BCUT2D eigenvalue weighted by atomic mass is 35.5. The van der Waals surface area contributed by atoms with Crippen LogP contribution in [0, 0.1) is 13.8 Å². The molecule has 0 aliphatic heterocycles. The van der Waals surface area contributed by atoms with Crippen LogP contribution in [0.25, 0.3) is 10.4 Å². The maximum Gasteiger partial charge on any atom is 0.0903 e. The molecule has 0 saturated carbocycles. The Balaban J connectivity index is 2.64. The van der Waals surface area contributed by atoms with Gasteiger partial charge in [-0.1, -0.05) is 35.3 Å². The summed E-state index contributed by atoms with van der Waals surface area (Å²) in [5.74, 6) is 0. The first-order valence-electron chi connectivity index (χ1n) is 4.48. The van der Waals surface area contributed by atoms with E-state index in [1.807, 2.05) is 26.0 Å². The van der Waals surface area contributed by atoms with Gasteiger partial charge in [0.15, 0.2) is 0 Å². The summed E-state index contributed by atoms with van der Waals surface area (Å²) in [6.07, 6.45) is 0. The van der Waals surface area contributed by atoms with Crippen molar-refractivity contribution in [3.05, 3.63) is 38.9 Å². The molecule has 1 nitrogen and oxygen atoms in total. The van der Waals surface area contributed by atoms with Gasteiger partial charge in [0.1, 0.15) is 0 Å². The first-order valence-corrected chi connectivity index (χ1v) is 6.05. The summed E-state index contributed by atoms with van der Waals surface area (Å²) in [6.45, 7) is 3.97. The molecule has 0 N–H and O–H groups in total. The normalized spacial score (nSPS) is 10.7. The number of halogens is 2. The van der Waals surface area contributed by atoms with Gasteiger partial charge in [-0.15, -0.1) is 11.3 Å². The number of thiazole rings is 1. The lowest BCUT2D eigenvalue weighted by Crippen LogP contribution is -1.80. The minimum atomic E-state index is 0.583. The standard InChI is InChI=1S/C11H9Cl2NS/c1-6-11(15-7(2)14-6)8-4-3-5-9(12)10(8)13/h3-5H,1-2H3. The quantitative estimate of drug-likeness (QED) is 0.720. The van der Waals surface area contributed by atoms with Crippen molar-refractivity contribution >= 4 is 34.5 Å². The van der Waals surface area contributed by atoms with E-state index in [-0.39, 0.29) is 0 Å². The van der Waals surface area contributed by atoms with Crippen LogP contribution < -0.4 is 0 Å². The Labute approximate surface area is 103 Å². The molecule has 0 radical (unpaired) electrons. The highest BCUT2D eigenvalue weighted by molar-refractivity contribution is 7.15. The molecule has 0 amide bonds. The number of aromatic nitrogens is 1. The highest BCUT2D eigenvalue weighted by Gasteiger charge is 2.12. The third kappa shape index (κ3) is 2.03. The van der Waals surface area contributed by atoms with Crippen LogP contribution in [0.15, 0.2) is 18.2 Å². The van der Waals surface area contributed by atoms with Crippen LogP contribution in [0.3, 0.4) is 0 Å². The van der Waals surface area contributed by atoms with Gasteiger partial charge < -0.3 is 0 Å². The Morgan fingerprint density at radius 1 is 1.20 bits per heavy atom. The van der Waals surface area contributed by atoms with Crippen LogP contribution in [-0.4, -0.2) is 4.98 Å². The van der Waals surface area contributed by atoms with Crippen molar-refractivity contribution in [2.75, 3.05) is 0 Å². The van der Waals surface area contributed by atoms with Crippen molar-refractivity contribution in [3.63, 3.8) is 0 Å². The molecule has 4 heteroatoms. The molecule has 0 fully saturated rings. The minimum absolute atomic E-state index is 0.583. The number of hydrogen-bond donors (Lipinski definition) is 0. The topological polar surface area (TPSA) is 12.9 Å². The van der Waals surface area contributed by atoms with Crippen LogP contribution in [0.2, 0.25) is 10.0 Å². The van der Waals surface area contributed by atoms with E-state index < -0.39 is 0 Å². The minimum Gasteiger partial charge on any atom is -0.246 e. The smallest absolute Gasteiger partial charge is 0.0903 e. The molecule has 0 aliphatic carbocycles. The lowest BCUT2D eigenvalue weighted by molar-refractivity contribution is 1.20. The maximum atomic E-state index is 6.16. The fraction of sp³-hybridized carbons (Fsp3) is 0.182. The van der Waals surface area contributed by atoms with Gasteiger partial charge in [-0.25, -0.2) is 4.98 Å². The molecule has 1 heterocycles. The fourth-order valence-electron chi connectivity index (χ4n) is 1.46. The van der Waals surface area contributed by atoms with Crippen LogP contribution in [0.4, 0.5) is 0 Å². The molecule has 0 bridgehead atoms. The lowest BCUT2D eigenvalue weighted by Gasteiger charge is -2.03. The molecule has 78 valence electrons. The summed E-state index contributed by atoms with van der Waals surface area (Å²) in [7, 11) is 0. The van der Waals surface area contributed by atoms with E-state index in [0.29, 0.717) is 10.0 Å². The second-order valence-corrected chi connectivity index (χ2v) is 5.24. The SMILES string of the molecule is Cc1nc(C)c(-c2cccc(Cl)c2Cl)s1. The third-order valence-electron chi connectivity index (χ3n) is 2.10. The monoisotopic (exact) mass is 257 g/mol. The van der Waals surface area contributed by atoms with E-state index >= 15 is 0 Å². The molecule has 0 unspecified atom stereocenters. The van der Waals surface area contributed by atoms with Crippen LogP contribution in [0.5, 0.6) is 0 Å². The average Bonchev–Trinajstić information content (AvgIpc) is 2.50. The van der Waals surface area contributed by atoms with Gasteiger partial charge in [-0.3, -0.25) is 0 Å². The van der Waals surface area contributed by atoms with E-state index in [2.05, 4.69) is 4.98 Å². The summed E-state index contributed by atoms with van der Waals surface area (Å²) < 4.78 is 0. The van der Waals surface area contributed by atoms with Crippen molar-refractivity contribution < 1.29 is 0 Å². The van der Waals surface area contributed by atoms with Crippen LogP contribution >= 0.6 is 34.5 Å². The predicted molar refractivity (Wildman–Crippen MR) is 67.0 cm³/mol. The van der Waals surface area contributed by atoms with Gasteiger partial charge in [-0.05, 0) is 19.9 Å². The fourth-order valence-corrected chi connectivity index (χ4v) is 2.86. The summed E-state index contributed by atoms with van der Waals surface area (Å²) in [4.78, 5) is 5.47. The highest BCUT2D eigenvalue weighted by Crippen LogP contribution is 2.37. The molecule has 0 spiro atoms. The Morgan fingerprint density at radius 3 is 2.53 bits per heavy atom. The van der Waals surface area contributed by atoms with E-state index in [1.54, 1.807) is 17.4 Å². The average molecular weight is 258 g/mol. The zero-order valence-corrected chi connectivity index (χ0v) is 10.7. The first-order chi connectivity index (χ1) is 7.09. The third-order valence-corrected chi connectivity index (χ3v) is 4.02. The number of benzene rings is 1. The molecular weight excluding hydrogens is 249 g/mol. The lowest BCUT2D eigenvalue weighted by atomic mass is 10.1. The van der Waals surface area contributed by atoms with E-state index in [9.17, 15) is 0 Å². The van der Waals surface area contributed by atoms with Crippen molar-refractivity contribution in [3.8, 4) is 10.4 Å². The number of aryl methyl sites for hydroxylation is 2. The Bertz CT molecular complexity index is 505. The van der Waals surface area contributed by atoms with Crippen molar-refractivity contribution in [2.45, 2.75) is 13.8 Å². The molecule has 0 atom stereocenters. The Morgan fingerprint density at radius 2 is 1.93 bits per heavy atom. The Kier molecular flexibility index (Phi) is 3.01. The molecule has 0 saturated heterocycles. The molecule has 2 aromatic rings. The Hall–Kier alpha value is -0.570. The molecule has 2 rings (SSSR count). The van der Waals surface area contributed by atoms with Gasteiger partial charge in [0.05, 0.1) is 25.6 Å². The zero-order valence-electron chi connectivity index (χ0n) is 8.34. The molecule has 1 aromatic carbocycles. The van der Waals surface area contributed by atoms with Crippen LogP contribution in [-0.2, 0) is 0 Å². The van der Waals surface area contributed by atoms with E-state index in [4.69, 9.17) is 23.2 Å². The number of rotatable bonds is 1. The first kappa shape index (κ1) is 10.9. The summed E-state index contributed by atoms with van der Waals surface area (Å²) >= 11 is 13.8. The predicted octanol–water partition coefficient (Wildman–Crippen LogP) is 4.73. The number of nitrogens with zero attached hydrogens (tertiary/aromatic N) is 1. The summed E-state index contributed by atoms with van der Waals surface area (Å²) in [6, 6.07) is 5.66. The van der Waals surface area contributed by atoms with Crippen molar-refractivity contribution in [1.82, 2.24) is 4.98 Å². The van der Waals surface area contributed by atoms with Gasteiger partial charge in [-0.2, -0.15) is 0 Å². The van der Waals surface area contributed by atoms with Gasteiger partial charge in [0, 0.05) is 5.56 Å². The molecule has 0 aliphatic rings. The largest absolute Gasteiger partial charge is 0.246 e. The second kappa shape index (κ2) is 4.12. The van der Waals surface area contributed by atoms with Gasteiger partial charge in [0.2, 0.25) is 0 Å². The van der Waals surface area contributed by atoms with E-state index in [0.717, 1.165) is 21.1 Å². The molecule has 15 heavy (non-hydrogen) atoms. The number of hydrogen-bond acceptors (Lipinski definition) is 2. The summed E-state index contributed by atoms with van der Waals surface area (Å²) in [5, 5.41) is 2.23. The van der Waals surface area contributed by atoms with Gasteiger partial charge in [0.25, 0.3) is 0 Å².